The molecule has 0 nitrogen and oxygen atoms in total. The monoisotopic (exact) mass is 744 g/mol. The highest BCUT2D eigenvalue weighted by atomic mass is 32.1. The molecule has 0 aliphatic carbocycles. The van der Waals surface area contributed by atoms with Gasteiger partial charge in [0.2, 0.25) is 0 Å². The Kier molecular flexibility index (Phi) is 8.78. The van der Waals surface area contributed by atoms with Gasteiger partial charge in [0.1, 0.15) is 0 Å². The van der Waals surface area contributed by atoms with Crippen molar-refractivity contribution in [3.63, 3.8) is 0 Å². The van der Waals surface area contributed by atoms with Crippen LogP contribution < -0.4 is 31.8 Å². The summed E-state index contributed by atoms with van der Waals surface area (Å²) in [5, 5.41) is 7.12. The molecule has 0 fully saturated rings. The van der Waals surface area contributed by atoms with Crippen LogP contribution in [0.25, 0.3) is 20.2 Å². The minimum Gasteiger partial charge on any atom is -0.166 e. The van der Waals surface area contributed by atoms with Crippen molar-refractivity contribution in [1.29, 1.82) is 0 Å². The second kappa shape index (κ2) is 12.7. The Morgan fingerprint density at radius 1 is 0.412 bits per heavy atom. The number of hydrogen-bond donors (Lipinski definition) is 0. The van der Waals surface area contributed by atoms with Gasteiger partial charge >= 0.3 is 12.4 Å². The number of thiophene rings is 1. The third-order valence-electron chi connectivity index (χ3n) is 9.54. The summed E-state index contributed by atoms with van der Waals surface area (Å²) in [5.41, 5.74) is 0.697. The molecule has 9 heteroatoms. The molecule has 0 aliphatic rings. The fourth-order valence-corrected chi connectivity index (χ4v) is 13.4. The van der Waals surface area contributed by atoms with Crippen LogP contribution in [0.1, 0.15) is 22.3 Å². The van der Waals surface area contributed by atoms with Crippen molar-refractivity contribution in [2.24, 2.45) is 0 Å². The smallest absolute Gasteiger partial charge is 0.166 e. The molecule has 0 saturated carbocycles. The minimum absolute atomic E-state index is 0.713. The second-order valence-corrected chi connectivity index (χ2v) is 20.3. The van der Waals surface area contributed by atoms with Gasteiger partial charge in [0.25, 0.3) is 0 Å². The SMILES string of the molecule is C=P(c1ccc(C)cc1)(c1ccc(C(F)(F)F)cc1)c1ccc2sc3ccc(P(=C)(c4ccc(C)cc4)c4ccc(C(F)(F)F)cc4)cc3c2c1. The van der Waals surface area contributed by atoms with Crippen molar-refractivity contribution in [3.8, 4) is 0 Å². The fourth-order valence-electron chi connectivity index (χ4n) is 6.53. The highest BCUT2D eigenvalue weighted by Crippen LogP contribution is 2.47. The molecule has 0 N–H and O–H groups in total. The number of benzene rings is 6. The van der Waals surface area contributed by atoms with Gasteiger partial charge in [0.05, 0.1) is 11.1 Å². The Hall–Kier alpha value is -4.28. The summed E-state index contributed by atoms with van der Waals surface area (Å²) < 4.78 is 83.4. The summed E-state index contributed by atoms with van der Waals surface area (Å²) >= 11 is 1.63. The van der Waals surface area contributed by atoms with E-state index < -0.39 is 37.3 Å². The van der Waals surface area contributed by atoms with Crippen LogP contribution in [0.15, 0.2) is 133 Å². The topological polar surface area (TPSA) is 0 Å². The summed E-state index contributed by atoms with van der Waals surface area (Å²) in [4.78, 5) is 0. The third-order valence-corrected chi connectivity index (χ3v) is 17.7. The van der Waals surface area contributed by atoms with E-state index in [0.717, 1.165) is 87.4 Å². The van der Waals surface area contributed by atoms with E-state index in [1.165, 1.54) is 0 Å². The minimum atomic E-state index is -4.46. The van der Waals surface area contributed by atoms with Crippen LogP contribution in [0.5, 0.6) is 0 Å². The Bertz CT molecular complexity index is 2310. The van der Waals surface area contributed by atoms with Gasteiger partial charge in [-0.1, -0.05) is 109 Å². The lowest BCUT2D eigenvalue weighted by Crippen LogP contribution is -2.26. The van der Waals surface area contributed by atoms with Gasteiger partial charge in [0, 0.05) is 20.2 Å². The van der Waals surface area contributed by atoms with Gasteiger partial charge < -0.3 is 0 Å². The zero-order valence-corrected chi connectivity index (χ0v) is 30.3. The molecule has 6 aromatic carbocycles. The lowest BCUT2D eigenvalue weighted by molar-refractivity contribution is -0.138. The molecule has 1 heterocycles. The quantitative estimate of drug-likeness (QED) is 0.118. The molecule has 0 amide bonds. The van der Waals surface area contributed by atoms with E-state index in [4.69, 9.17) is 12.6 Å². The molecule has 7 aromatic rings. The average molecular weight is 745 g/mol. The lowest BCUT2D eigenvalue weighted by atomic mass is 10.1. The lowest BCUT2D eigenvalue weighted by Gasteiger charge is -2.28. The number of rotatable bonds is 6. The van der Waals surface area contributed by atoms with E-state index in [-0.39, 0.29) is 0 Å². The molecule has 2 unspecified atom stereocenters. The number of alkyl halides is 6. The van der Waals surface area contributed by atoms with Crippen LogP contribution in [0, 0.1) is 13.8 Å². The van der Waals surface area contributed by atoms with E-state index in [1.807, 2.05) is 74.5 Å². The Morgan fingerprint density at radius 3 is 0.980 bits per heavy atom. The summed E-state index contributed by atoms with van der Waals surface area (Å²) in [6.07, 6.45) is 0.665. The maximum Gasteiger partial charge on any atom is 0.416 e. The molecule has 2 atom stereocenters. The molecular formula is C42H32F6P2S. The molecule has 0 spiro atoms. The first-order valence-electron chi connectivity index (χ1n) is 16.0. The van der Waals surface area contributed by atoms with Crippen LogP contribution in [0.3, 0.4) is 0 Å². The fraction of sp³-hybridized carbons (Fsp3) is 0.0952. The zero-order valence-electron chi connectivity index (χ0n) is 27.7. The van der Waals surface area contributed by atoms with Crippen molar-refractivity contribution >= 4 is 89.7 Å². The molecule has 7 rings (SSSR count). The predicted molar refractivity (Wildman–Crippen MR) is 210 cm³/mol. The highest BCUT2D eigenvalue weighted by molar-refractivity contribution is 7.94. The van der Waals surface area contributed by atoms with Gasteiger partial charge in [-0.2, -0.15) is 26.3 Å². The van der Waals surface area contributed by atoms with Crippen LogP contribution in [-0.2, 0) is 12.4 Å². The zero-order chi connectivity index (χ0) is 36.3. The molecule has 51 heavy (non-hydrogen) atoms. The van der Waals surface area contributed by atoms with Crippen molar-refractivity contribution in [2.45, 2.75) is 26.2 Å². The molecule has 1 aromatic heterocycles. The first kappa shape index (κ1) is 35.1. The number of fused-ring (bicyclic) bond motifs is 3. The normalized spacial score (nSPS) is 14.7. The maximum atomic E-state index is 13.6. The van der Waals surface area contributed by atoms with E-state index in [1.54, 1.807) is 35.6 Å². The predicted octanol–water partition coefficient (Wildman–Crippen LogP) is 10.2. The van der Waals surface area contributed by atoms with E-state index >= 15 is 0 Å². The van der Waals surface area contributed by atoms with Crippen molar-refractivity contribution < 1.29 is 26.3 Å². The molecule has 0 aliphatic heterocycles. The Morgan fingerprint density at radius 2 is 0.686 bits per heavy atom. The van der Waals surface area contributed by atoms with Crippen molar-refractivity contribution in [1.82, 2.24) is 0 Å². The van der Waals surface area contributed by atoms with Gasteiger partial charge in [-0.05, 0) is 108 Å². The maximum absolute atomic E-state index is 13.6. The number of hydrogen-bond acceptors (Lipinski definition) is 1. The number of halogens is 6. The molecule has 0 saturated heterocycles. The first-order valence-corrected chi connectivity index (χ1v) is 20.8. The summed E-state index contributed by atoms with van der Waals surface area (Å²) in [7, 11) is 0. The van der Waals surface area contributed by atoms with Crippen LogP contribution in [0.2, 0.25) is 0 Å². The van der Waals surface area contributed by atoms with E-state index in [9.17, 15) is 26.3 Å². The summed E-state index contributed by atoms with van der Waals surface area (Å²) in [6, 6.07) is 39.1. The van der Waals surface area contributed by atoms with Crippen molar-refractivity contribution in [3.05, 3.63) is 156 Å². The average Bonchev–Trinajstić information content (AvgIpc) is 3.48. The first-order chi connectivity index (χ1) is 24.1. The van der Waals surface area contributed by atoms with Gasteiger partial charge in [-0.3, -0.25) is 0 Å². The molecule has 0 bridgehead atoms. The van der Waals surface area contributed by atoms with Crippen molar-refractivity contribution in [2.75, 3.05) is 0 Å². The molecule has 0 radical (unpaired) electrons. The Balaban J connectivity index is 1.43. The Labute approximate surface area is 297 Å². The van der Waals surface area contributed by atoms with Crippen LogP contribution in [-0.4, -0.2) is 12.6 Å². The van der Waals surface area contributed by atoms with E-state index in [2.05, 4.69) is 24.3 Å². The van der Waals surface area contributed by atoms with Crippen LogP contribution in [0.4, 0.5) is 26.3 Å². The molecule has 258 valence electrons. The van der Waals surface area contributed by atoms with Gasteiger partial charge in [-0.25, -0.2) is 0 Å². The molecular weight excluding hydrogens is 712 g/mol. The third kappa shape index (κ3) is 6.31. The van der Waals surface area contributed by atoms with Crippen LogP contribution >= 0.6 is 25.1 Å². The highest BCUT2D eigenvalue weighted by Gasteiger charge is 2.33. The summed E-state index contributed by atoms with van der Waals surface area (Å²) in [5.74, 6) is 0. The summed E-state index contributed by atoms with van der Waals surface area (Å²) in [6.45, 7) is -1.33. The van der Waals surface area contributed by atoms with Gasteiger partial charge in [-0.15, -0.1) is 11.3 Å². The second-order valence-electron chi connectivity index (χ2n) is 12.8. The van der Waals surface area contributed by atoms with Gasteiger partial charge in [0.15, 0.2) is 0 Å². The van der Waals surface area contributed by atoms with E-state index in [0.29, 0.717) is 0 Å². The number of aryl methyl sites for hydroxylation is 2. The largest absolute Gasteiger partial charge is 0.416 e. The standard InChI is InChI=1S/C42H32F6P2S/c1-27-5-13-31(14-6-27)49(3,33-17-9-29(10-18-33)41(43,44)45)35-21-23-39-37(25-35)38-26-36(22-24-40(38)51-39)50(4,32-15-7-28(2)8-16-32)34-19-11-30(12-20-34)42(46,47)48/h5-26H,3-4H2,1-2H3.